The van der Waals surface area contributed by atoms with Crippen LogP contribution in [0.2, 0.25) is 0 Å². The molecule has 2 rings (SSSR count). The minimum absolute atomic E-state index is 0.379. The van der Waals surface area contributed by atoms with Crippen LogP contribution in [0.4, 0.5) is 0 Å². The van der Waals surface area contributed by atoms with Gasteiger partial charge in [0.2, 0.25) is 0 Å². The summed E-state index contributed by atoms with van der Waals surface area (Å²) in [4.78, 5) is 0. The van der Waals surface area contributed by atoms with Gasteiger partial charge in [-0.15, -0.1) is 0 Å². The molecule has 1 aliphatic rings. The second-order valence-electron chi connectivity index (χ2n) is 6.32. The maximum atomic E-state index is 4.59. The summed E-state index contributed by atoms with van der Waals surface area (Å²) in [5, 5.41) is 8.27. The summed E-state index contributed by atoms with van der Waals surface area (Å²) in [5.41, 5.74) is 3.28. The molecule has 1 aliphatic carbocycles. The van der Waals surface area contributed by atoms with Gasteiger partial charge < -0.3 is 5.32 Å². The van der Waals surface area contributed by atoms with Crippen LogP contribution in [-0.2, 0) is 13.0 Å². The molecule has 0 amide bonds. The topological polar surface area (TPSA) is 29.9 Å². The summed E-state index contributed by atoms with van der Waals surface area (Å²) in [6.45, 7) is 11.3. The summed E-state index contributed by atoms with van der Waals surface area (Å²) in [6.07, 6.45) is 6.81. The van der Waals surface area contributed by atoms with Crippen LogP contribution in [0.5, 0.6) is 0 Å². The average molecular weight is 249 g/mol. The molecule has 1 aromatic rings. The van der Waals surface area contributed by atoms with E-state index >= 15 is 0 Å². The second kappa shape index (κ2) is 5.43. The molecule has 102 valence electrons. The zero-order valence-electron chi connectivity index (χ0n) is 12.3. The second-order valence-corrected chi connectivity index (χ2v) is 6.32. The van der Waals surface area contributed by atoms with Gasteiger partial charge in [0.05, 0.1) is 6.20 Å². The monoisotopic (exact) mass is 249 g/mol. The number of aryl methyl sites for hydroxylation is 1. The van der Waals surface area contributed by atoms with Crippen LogP contribution in [0.1, 0.15) is 64.3 Å². The summed E-state index contributed by atoms with van der Waals surface area (Å²) < 4.78 is 2.22. The van der Waals surface area contributed by atoms with E-state index < -0.39 is 0 Å². The standard InChI is InChI=1S/C15H27N3/c1-5-7-16-13-9-15(3,4)10-14-12(13)11-17-18(14)8-6-2/h11,13,16H,5-10H2,1-4H3. The van der Waals surface area contributed by atoms with Gasteiger partial charge in [0.15, 0.2) is 0 Å². The molecule has 1 heterocycles. The van der Waals surface area contributed by atoms with Gasteiger partial charge in [-0.2, -0.15) is 5.10 Å². The molecular formula is C15H27N3. The Morgan fingerprint density at radius 3 is 2.83 bits per heavy atom. The van der Waals surface area contributed by atoms with Gasteiger partial charge in [-0.1, -0.05) is 27.7 Å². The third-order valence-corrected chi connectivity index (χ3v) is 3.84. The smallest absolute Gasteiger partial charge is 0.0540 e. The molecule has 0 saturated heterocycles. The molecular weight excluding hydrogens is 222 g/mol. The molecule has 0 aromatic carbocycles. The Kier molecular flexibility index (Phi) is 4.10. The highest BCUT2D eigenvalue weighted by Crippen LogP contribution is 2.40. The van der Waals surface area contributed by atoms with Crippen molar-refractivity contribution in [2.75, 3.05) is 6.54 Å². The Hall–Kier alpha value is -0.830. The molecule has 1 atom stereocenters. The van der Waals surface area contributed by atoms with Gasteiger partial charge >= 0.3 is 0 Å². The van der Waals surface area contributed by atoms with E-state index in [1.54, 1.807) is 0 Å². The zero-order valence-corrected chi connectivity index (χ0v) is 12.3. The van der Waals surface area contributed by atoms with Crippen LogP contribution in [0.25, 0.3) is 0 Å². The minimum Gasteiger partial charge on any atom is -0.310 e. The van der Waals surface area contributed by atoms with Crippen LogP contribution in [0.3, 0.4) is 0 Å². The molecule has 1 unspecified atom stereocenters. The van der Waals surface area contributed by atoms with Gasteiger partial charge in [-0.05, 0) is 37.6 Å². The van der Waals surface area contributed by atoms with Crippen molar-refractivity contribution in [1.82, 2.24) is 15.1 Å². The van der Waals surface area contributed by atoms with Gasteiger partial charge in [0.25, 0.3) is 0 Å². The fourth-order valence-electron chi connectivity index (χ4n) is 3.00. The van der Waals surface area contributed by atoms with Crippen molar-refractivity contribution in [3.8, 4) is 0 Å². The van der Waals surface area contributed by atoms with Gasteiger partial charge in [0.1, 0.15) is 0 Å². The molecule has 0 bridgehead atoms. The highest BCUT2D eigenvalue weighted by atomic mass is 15.3. The lowest BCUT2D eigenvalue weighted by atomic mass is 9.74. The van der Waals surface area contributed by atoms with Gasteiger partial charge in [0, 0.05) is 23.8 Å². The van der Waals surface area contributed by atoms with Crippen LogP contribution < -0.4 is 5.32 Å². The zero-order chi connectivity index (χ0) is 13.2. The highest BCUT2D eigenvalue weighted by Gasteiger charge is 2.34. The molecule has 0 radical (unpaired) electrons. The van der Waals surface area contributed by atoms with Crippen molar-refractivity contribution in [2.45, 2.75) is 66.0 Å². The predicted octanol–water partition coefficient (Wildman–Crippen LogP) is 3.31. The van der Waals surface area contributed by atoms with Crippen LogP contribution in [0, 0.1) is 5.41 Å². The molecule has 1 aromatic heterocycles. The third-order valence-electron chi connectivity index (χ3n) is 3.84. The van der Waals surface area contributed by atoms with E-state index in [1.807, 2.05) is 0 Å². The summed E-state index contributed by atoms with van der Waals surface area (Å²) in [6, 6.07) is 0.495. The van der Waals surface area contributed by atoms with Crippen molar-refractivity contribution >= 4 is 0 Å². The van der Waals surface area contributed by atoms with Gasteiger partial charge in [-0.3, -0.25) is 4.68 Å². The van der Waals surface area contributed by atoms with Crippen LogP contribution >= 0.6 is 0 Å². The summed E-state index contributed by atoms with van der Waals surface area (Å²) in [7, 11) is 0. The highest BCUT2D eigenvalue weighted by molar-refractivity contribution is 5.27. The van der Waals surface area contributed by atoms with Crippen molar-refractivity contribution in [1.29, 1.82) is 0 Å². The van der Waals surface area contributed by atoms with E-state index in [0.29, 0.717) is 11.5 Å². The van der Waals surface area contributed by atoms with Crippen molar-refractivity contribution in [3.05, 3.63) is 17.5 Å². The van der Waals surface area contributed by atoms with Crippen molar-refractivity contribution in [3.63, 3.8) is 0 Å². The molecule has 0 saturated carbocycles. The SMILES string of the molecule is CCCNC1CC(C)(C)Cc2c1cnn2CCC. The first-order valence-corrected chi connectivity index (χ1v) is 7.35. The maximum Gasteiger partial charge on any atom is 0.0540 e. The average Bonchev–Trinajstić information content (AvgIpc) is 2.68. The first kappa shape index (κ1) is 13.6. The number of nitrogens with zero attached hydrogens (tertiary/aromatic N) is 2. The van der Waals surface area contributed by atoms with E-state index in [0.717, 1.165) is 25.9 Å². The van der Waals surface area contributed by atoms with E-state index in [1.165, 1.54) is 24.1 Å². The quantitative estimate of drug-likeness (QED) is 0.867. The summed E-state index contributed by atoms with van der Waals surface area (Å²) >= 11 is 0. The number of fused-ring (bicyclic) bond motifs is 1. The van der Waals surface area contributed by atoms with Crippen LogP contribution in [-0.4, -0.2) is 16.3 Å². The summed E-state index contributed by atoms with van der Waals surface area (Å²) in [5.74, 6) is 0. The first-order valence-electron chi connectivity index (χ1n) is 7.35. The van der Waals surface area contributed by atoms with E-state index in [2.05, 4.69) is 49.0 Å². The molecule has 18 heavy (non-hydrogen) atoms. The Labute approximate surface area is 111 Å². The largest absolute Gasteiger partial charge is 0.310 e. The lowest BCUT2D eigenvalue weighted by Crippen LogP contribution is -2.34. The van der Waals surface area contributed by atoms with Crippen molar-refractivity contribution < 1.29 is 0 Å². The number of rotatable bonds is 5. The number of aromatic nitrogens is 2. The number of nitrogens with one attached hydrogen (secondary N) is 1. The van der Waals surface area contributed by atoms with Gasteiger partial charge in [-0.25, -0.2) is 0 Å². The first-order chi connectivity index (χ1) is 8.57. The van der Waals surface area contributed by atoms with Crippen LogP contribution in [0.15, 0.2) is 6.20 Å². The Morgan fingerprint density at radius 2 is 2.17 bits per heavy atom. The predicted molar refractivity (Wildman–Crippen MR) is 75.7 cm³/mol. The lowest BCUT2D eigenvalue weighted by molar-refractivity contribution is 0.250. The Balaban J connectivity index is 2.26. The molecule has 3 heteroatoms. The third kappa shape index (κ3) is 2.77. The molecule has 1 N–H and O–H groups in total. The fourth-order valence-corrected chi connectivity index (χ4v) is 3.00. The van der Waals surface area contributed by atoms with E-state index in [9.17, 15) is 0 Å². The number of hydrogen-bond acceptors (Lipinski definition) is 2. The van der Waals surface area contributed by atoms with Crippen molar-refractivity contribution in [2.24, 2.45) is 5.41 Å². The maximum absolute atomic E-state index is 4.59. The lowest BCUT2D eigenvalue weighted by Gasteiger charge is -2.36. The molecule has 3 nitrogen and oxygen atoms in total. The van der Waals surface area contributed by atoms with E-state index in [4.69, 9.17) is 0 Å². The molecule has 0 aliphatic heterocycles. The van der Waals surface area contributed by atoms with E-state index in [-0.39, 0.29) is 0 Å². The molecule has 0 spiro atoms. The molecule has 0 fully saturated rings. The Bertz CT molecular complexity index is 392. The Morgan fingerprint density at radius 1 is 1.39 bits per heavy atom. The number of hydrogen-bond donors (Lipinski definition) is 1. The minimum atomic E-state index is 0.379. The normalized spacial score (nSPS) is 21.9. The fraction of sp³-hybridized carbons (Fsp3) is 0.800.